The molecule has 0 spiro atoms. The van der Waals surface area contributed by atoms with Gasteiger partial charge in [-0.1, -0.05) is 11.6 Å². The molecule has 1 aromatic rings. The highest BCUT2D eigenvalue weighted by molar-refractivity contribution is 6.30. The van der Waals surface area contributed by atoms with E-state index in [1.54, 1.807) is 12.1 Å². The average Bonchev–Trinajstić information content (AvgIpc) is 2.26. The van der Waals surface area contributed by atoms with Crippen molar-refractivity contribution in [1.29, 1.82) is 0 Å². The first-order chi connectivity index (χ1) is 7.33. The Balaban J connectivity index is 2.07. The van der Waals surface area contributed by atoms with E-state index in [1.807, 2.05) is 19.2 Å². The molecule has 4 heteroatoms. The van der Waals surface area contributed by atoms with Gasteiger partial charge < -0.3 is 14.8 Å². The molecule has 0 amide bonds. The number of benzene rings is 1. The summed E-state index contributed by atoms with van der Waals surface area (Å²) in [5, 5.41) is 3.72. The normalized spacial score (nSPS) is 10.3. The van der Waals surface area contributed by atoms with Gasteiger partial charge in [-0.2, -0.15) is 0 Å². The van der Waals surface area contributed by atoms with Crippen LogP contribution in [-0.2, 0) is 4.74 Å². The molecule has 0 aliphatic carbocycles. The summed E-state index contributed by atoms with van der Waals surface area (Å²) in [5.41, 5.74) is 0. The van der Waals surface area contributed by atoms with Crippen LogP contribution in [0.4, 0.5) is 0 Å². The van der Waals surface area contributed by atoms with Gasteiger partial charge in [0.05, 0.1) is 13.2 Å². The van der Waals surface area contributed by atoms with Crippen molar-refractivity contribution in [3.63, 3.8) is 0 Å². The molecule has 1 rings (SSSR count). The molecule has 0 aliphatic rings. The van der Waals surface area contributed by atoms with Crippen LogP contribution < -0.4 is 10.1 Å². The van der Waals surface area contributed by atoms with Gasteiger partial charge in [0.25, 0.3) is 0 Å². The van der Waals surface area contributed by atoms with Crippen molar-refractivity contribution in [1.82, 2.24) is 5.32 Å². The standard InChI is InChI=1S/C11H16ClNO2/c1-13-6-7-14-8-9-15-11-4-2-10(12)3-5-11/h2-5,13H,6-9H2,1H3. The zero-order valence-electron chi connectivity index (χ0n) is 8.83. The summed E-state index contributed by atoms with van der Waals surface area (Å²) in [6, 6.07) is 7.30. The molecule has 15 heavy (non-hydrogen) atoms. The first-order valence-electron chi connectivity index (χ1n) is 4.93. The predicted octanol–water partition coefficient (Wildman–Crippen LogP) is 1.95. The molecule has 3 nitrogen and oxygen atoms in total. The molecular weight excluding hydrogens is 214 g/mol. The van der Waals surface area contributed by atoms with Crippen molar-refractivity contribution in [2.45, 2.75) is 0 Å². The third kappa shape index (κ3) is 5.62. The van der Waals surface area contributed by atoms with Crippen molar-refractivity contribution in [2.24, 2.45) is 0 Å². The summed E-state index contributed by atoms with van der Waals surface area (Å²) < 4.78 is 10.7. The number of ether oxygens (including phenoxy) is 2. The van der Waals surface area contributed by atoms with Gasteiger partial charge in [0.2, 0.25) is 0 Å². The minimum Gasteiger partial charge on any atom is -0.491 e. The van der Waals surface area contributed by atoms with Crippen LogP contribution in [0.25, 0.3) is 0 Å². The summed E-state index contributed by atoms with van der Waals surface area (Å²) in [7, 11) is 1.90. The molecule has 0 saturated carbocycles. The zero-order valence-corrected chi connectivity index (χ0v) is 9.59. The van der Waals surface area contributed by atoms with Gasteiger partial charge in [-0.05, 0) is 31.3 Å². The van der Waals surface area contributed by atoms with Crippen molar-refractivity contribution in [2.75, 3.05) is 33.4 Å². The Hall–Kier alpha value is -0.770. The maximum Gasteiger partial charge on any atom is 0.119 e. The molecule has 0 aliphatic heterocycles. The molecule has 1 N–H and O–H groups in total. The van der Waals surface area contributed by atoms with Crippen LogP contribution in [0.5, 0.6) is 5.75 Å². The topological polar surface area (TPSA) is 30.5 Å². The maximum absolute atomic E-state index is 5.74. The molecule has 0 atom stereocenters. The molecular formula is C11H16ClNO2. The minimum absolute atomic E-state index is 0.561. The van der Waals surface area contributed by atoms with Gasteiger partial charge in [-0.3, -0.25) is 0 Å². The van der Waals surface area contributed by atoms with Crippen LogP contribution in [0.1, 0.15) is 0 Å². The highest BCUT2D eigenvalue weighted by Gasteiger charge is 1.93. The molecule has 0 radical (unpaired) electrons. The van der Waals surface area contributed by atoms with E-state index in [1.165, 1.54) is 0 Å². The van der Waals surface area contributed by atoms with Crippen LogP contribution in [0.3, 0.4) is 0 Å². The second kappa shape index (κ2) is 7.51. The van der Waals surface area contributed by atoms with Crippen molar-refractivity contribution >= 4 is 11.6 Å². The molecule has 1 aromatic carbocycles. The van der Waals surface area contributed by atoms with Crippen molar-refractivity contribution in [3.8, 4) is 5.75 Å². The predicted molar refractivity (Wildman–Crippen MR) is 61.7 cm³/mol. The maximum atomic E-state index is 5.74. The summed E-state index contributed by atoms with van der Waals surface area (Å²) in [6.45, 7) is 2.73. The fourth-order valence-electron chi connectivity index (χ4n) is 1.03. The lowest BCUT2D eigenvalue weighted by atomic mass is 10.3. The van der Waals surface area contributed by atoms with E-state index in [4.69, 9.17) is 21.1 Å². The number of nitrogens with one attached hydrogen (secondary N) is 1. The van der Waals surface area contributed by atoms with E-state index in [0.29, 0.717) is 24.8 Å². The molecule has 0 saturated heterocycles. The Labute approximate surface area is 95.3 Å². The average molecular weight is 230 g/mol. The number of likely N-dealkylation sites (N-methyl/N-ethyl adjacent to an activating group) is 1. The van der Waals surface area contributed by atoms with E-state index in [2.05, 4.69) is 5.32 Å². The second-order valence-electron chi connectivity index (χ2n) is 3.02. The Morgan fingerprint density at radius 1 is 1.13 bits per heavy atom. The van der Waals surface area contributed by atoms with Crippen molar-refractivity contribution in [3.05, 3.63) is 29.3 Å². The Morgan fingerprint density at radius 3 is 2.53 bits per heavy atom. The van der Waals surface area contributed by atoms with Crippen LogP contribution in [0.2, 0.25) is 5.02 Å². The fraction of sp³-hybridized carbons (Fsp3) is 0.455. The Morgan fingerprint density at radius 2 is 1.87 bits per heavy atom. The van der Waals surface area contributed by atoms with Crippen LogP contribution in [-0.4, -0.2) is 33.4 Å². The summed E-state index contributed by atoms with van der Waals surface area (Å²) in [4.78, 5) is 0. The number of hydrogen-bond acceptors (Lipinski definition) is 3. The van der Waals surface area contributed by atoms with Crippen LogP contribution in [0.15, 0.2) is 24.3 Å². The summed E-state index contributed by atoms with van der Waals surface area (Å²) in [6.07, 6.45) is 0. The van der Waals surface area contributed by atoms with Gasteiger partial charge in [0.1, 0.15) is 12.4 Å². The lowest BCUT2D eigenvalue weighted by molar-refractivity contribution is 0.103. The lowest BCUT2D eigenvalue weighted by Gasteiger charge is -2.06. The largest absolute Gasteiger partial charge is 0.491 e. The zero-order chi connectivity index (χ0) is 10.9. The molecule has 0 bridgehead atoms. The fourth-order valence-corrected chi connectivity index (χ4v) is 1.15. The van der Waals surface area contributed by atoms with Gasteiger partial charge in [-0.25, -0.2) is 0 Å². The summed E-state index contributed by atoms with van der Waals surface area (Å²) >= 11 is 5.74. The molecule has 0 heterocycles. The van der Waals surface area contributed by atoms with E-state index in [9.17, 15) is 0 Å². The third-order valence-electron chi connectivity index (χ3n) is 1.81. The summed E-state index contributed by atoms with van der Waals surface area (Å²) in [5.74, 6) is 0.816. The molecule has 0 aromatic heterocycles. The molecule has 84 valence electrons. The van der Waals surface area contributed by atoms with E-state index in [-0.39, 0.29) is 0 Å². The van der Waals surface area contributed by atoms with Gasteiger partial charge >= 0.3 is 0 Å². The first kappa shape index (κ1) is 12.3. The highest BCUT2D eigenvalue weighted by atomic mass is 35.5. The quantitative estimate of drug-likeness (QED) is 0.725. The Kier molecular flexibility index (Phi) is 6.16. The Bertz CT molecular complexity index is 264. The smallest absolute Gasteiger partial charge is 0.119 e. The van der Waals surface area contributed by atoms with Gasteiger partial charge in [-0.15, -0.1) is 0 Å². The SMILES string of the molecule is CNCCOCCOc1ccc(Cl)cc1. The van der Waals surface area contributed by atoms with Crippen molar-refractivity contribution < 1.29 is 9.47 Å². The van der Waals surface area contributed by atoms with E-state index in [0.717, 1.165) is 12.3 Å². The van der Waals surface area contributed by atoms with Gasteiger partial charge in [0, 0.05) is 11.6 Å². The highest BCUT2D eigenvalue weighted by Crippen LogP contribution is 2.15. The molecule has 0 fully saturated rings. The number of hydrogen-bond donors (Lipinski definition) is 1. The second-order valence-corrected chi connectivity index (χ2v) is 3.45. The minimum atomic E-state index is 0.561. The number of rotatable bonds is 7. The lowest BCUT2D eigenvalue weighted by Crippen LogP contribution is -2.16. The molecule has 0 unspecified atom stereocenters. The van der Waals surface area contributed by atoms with Crippen LogP contribution >= 0.6 is 11.6 Å². The van der Waals surface area contributed by atoms with Crippen LogP contribution in [0, 0.1) is 0 Å². The van der Waals surface area contributed by atoms with E-state index < -0.39 is 0 Å². The van der Waals surface area contributed by atoms with E-state index >= 15 is 0 Å². The third-order valence-corrected chi connectivity index (χ3v) is 2.06. The van der Waals surface area contributed by atoms with Gasteiger partial charge in [0.15, 0.2) is 0 Å². The monoisotopic (exact) mass is 229 g/mol. The first-order valence-corrected chi connectivity index (χ1v) is 5.31. The number of halogens is 1.